The fourth-order valence-electron chi connectivity index (χ4n) is 2.93. The third-order valence-corrected chi connectivity index (χ3v) is 21.8. The van der Waals surface area contributed by atoms with Crippen molar-refractivity contribution < 1.29 is 0 Å². The molecular weight excluding hydrogens is 331 g/mol. The van der Waals surface area contributed by atoms with Crippen molar-refractivity contribution in [3.05, 3.63) is 17.0 Å². The van der Waals surface area contributed by atoms with Gasteiger partial charge in [-0.25, -0.2) is 0 Å². The predicted octanol–water partition coefficient (Wildman–Crippen LogP) is 5.33. The van der Waals surface area contributed by atoms with Crippen LogP contribution in [0.25, 0.3) is 0 Å². The Kier molecular flexibility index (Phi) is 6.57. The topological polar surface area (TPSA) is 0 Å². The molecule has 1 atom stereocenters. The van der Waals surface area contributed by atoms with E-state index >= 15 is 0 Å². The van der Waals surface area contributed by atoms with Crippen LogP contribution >= 0.6 is 11.3 Å². The molecule has 0 bridgehead atoms. The SMILES string of the molecule is CCCCC[CH](CC)[Sn]([CH3])([CH3])[c]1sccc1C. The van der Waals surface area contributed by atoms with Gasteiger partial charge in [-0.05, 0) is 0 Å². The summed E-state index contributed by atoms with van der Waals surface area (Å²) in [6.45, 7) is 7.01. The normalized spacial score (nSPS) is 13.9. The summed E-state index contributed by atoms with van der Waals surface area (Å²) in [5.74, 6) is 0. The molecule has 1 aromatic rings. The van der Waals surface area contributed by atoms with Crippen LogP contribution in [-0.4, -0.2) is 18.4 Å². The molecule has 0 amide bonds. The van der Waals surface area contributed by atoms with Crippen LogP contribution < -0.4 is 2.89 Å². The fraction of sp³-hybridized carbons (Fsp3) is 0.733. The summed E-state index contributed by atoms with van der Waals surface area (Å²) in [7, 11) is 0. The van der Waals surface area contributed by atoms with Gasteiger partial charge in [0.1, 0.15) is 0 Å². The second-order valence-electron chi connectivity index (χ2n) is 5.76. The number of hydrogen-bond acceptors (Lipinski definition) is 1. The second-order valence-corrected chi connectivity index (χ2v) is 21.3. The van der Waals surface area contributed by atoms with Crippen molar-refractivity contribution in [3.63, 3.8) is 0 Å². The van der Waals surface area contributed by atoms with Gasteiger partial charge in [0.25, 0.3) is 0 Å². The van der Waals surface area contributed by atoms with Crippen LogP contribution in [0.3, 0.4) is 0 Å². The van der Waals surface area contributed by atoms with Gasteiger partial charge in [-0.3, -0.25) is 0 Å². The van der Waals surface area contributed by atoms with Crippen molar-refractivity contribution in [2.24, 2.45) is 0 Å². The molecular formula is C15H28SSn. The van der Waals surface area contributed by atoms with Crippen LogP contribution in [0, 0.1) is 6.92 Å². The minimum atomic E-state index is -2.04. The minimum absolute atomic E-state index is 1.04. The van der Waals surface area contributed by atoms with Gasteiger partial charge in [0.05, 0.1) is 0 Å². The van der Waals surface area contributed by atoms with Crippen LogP contribution in [0.5, 0.6) is 0 Å². The van der Waals surface area contributed by atoms with Gasteiger partial charge in [-0.1, -0.05) is 0 Å². The molecule has 0 N–H and O–H groups in total. The van der Waals surface area contributed by atoms with E-state index in [1.165, 1.54) is 32.1 Å². The van der Waals surface area contributed by atoms with Gasteiger partial charge in [0.2, 0.25) is 0 Å². The maximum absolute atomic E-state index is 2.65. The number of hydrogen-bond donors (Lipinski definition) is 0. The molecule has 1 unspecified atom stereocenters. The first-order valence-corrected chi connectivity index (χ1v) is 16.7. The molecule has 0 radical (unpaired) electrons. The second kappa shape index (κ2) is 7.18. The summed E-state index contributed by atoms with van der Waals surface area (Å²) in [4.78, 5) is 5.29. The van der Waals surface area contributed by atoms with Gasteiger partial charge in [-0.15, -0.1) is 0 Å². The molecule has 0 fully saturated rings. The molecule has 0 aliphatic carbocycles. The van der Waals surface area contributed by atoms with Gasteiger partial charge in [0.15, 0.2) is 0 Å². The van der Waals surface area contributed by atoms with Crippen LogP contribution in [0.1, 0.15) is 51.5 Å². The van der Waals surface area contributed by atoms with E-state index in [1.807, 2.05) is 14.2 Å². The molecule has 2 heteroatoms. The van der Waals surface area contributed by atoms with Crippen molar-refractivity contribution in [3.8, 4) is 0 Å². The average molecular weight is 359 g/mol. The molecule has 0 nitrogen and oxygen atoms in total. The van der Waals surface area contributed by atoms with Crippen LogP contribution in [-0.2, 0) is 0 Å². The summed E-state index contributed by atoms with van der Waals surface area (Å²) < 4.78 is 2.84. The van der Waals surface area contributed by atoms with E-state index in [0.717, 1.165) is 3.93 Å². The third-order valence-electron chi connectivity index (χ3n) is 4.12. The van der Waals surface area contributed by atoms with Crippen molar-refractivity contribution in [2.45, 2.75) is 66.7 Å². The molecule has 17 heavy (non-hydrogen) atoms. The zero-order chi connectivity index (χ0) is 12.9. The number of aryl methyl sites for hydroxylation is 1. The monoisotopic (exact) mass is 360 g/mol. The summed E-state index contributed by atoms with van der Waals surface area (Å²) in [5, 5.41) is 2.29. The number of unbranched alkanes of at least 4 members (excludes halogenated alkanes) is 2. The molecule has 1 heterocycles. The van der Waals surface area contributed by atoms with Crippen molar-refractivity contribution in [1.82, 2.24) is 0 Å². The first kappa shape index (κ1) is 15.6. The molecule has 0 aromatic carbocycles. The van der Waals surface area contributed by atoms with E-state index in [2.05, 4.69) is 42.1 Å². The maximum atomic E-state index is 2.65. The van der Waals surface area contributed by atoms with Gasteiger partial charge >= 0.3 is 116 Å². The van der Waals surface area contributed by atoms with Crippen LogP contribution in [0.2, 0.25) is 13.8 Å². The fourth-order valence-corrected chi connectivity index (χ4v) is 18.0. The molecule has 0 saturated heterocycles. The van der Waals surface area contributed by atoms with E-state index in [1.54, 1.807) is 5.56 Å². The molecule has 1 aromatic heterocycles. The van der Waals surface area contributed by atoms with Crippen LogP contribution in [0.4, 0.5) is 0 Å². The first-order valence-electron chi connectivity index (χ1n) is 7.08. The molecule has 0 aliphatic rings. The Hall–Kier alpha value is 0.499. The van der Waals surface area contributed by atoms with Crippen LogP contribution in [0.15, 0.2) is 11.4 Å². The quantitative estimate of drug-likeness (QED) is 0.456. The van der Waals surface area contributed by atoms with Crippen molar-refractivity contribution in [1.29, 1.82) is 0 Å². The van der Waals surface area contributed by atoms with Crippen molar-refractivity contribution in [2.75, 3.05) is 0 Å². The van der Waals surface area contributed by atoms with Gasteiger partial charge < -0.3 is 0 Å². The van der Waals surface area contributed by atoms with E-state index in [-0.39, 0.29) is 0 Å². The van der Waals surface area contributed by atoms with Gasteiger partial charge in [0, 0.05) is 0 Å². The molecule has 1 rings (SSSR count). The summed E-state index contributed by atoms with van der Waals surface area (Å²) in [6.07, 6.45) is 7.08. The number of rotatable bonds is 7. The zero-order valence-electron chi connectivity index (χ0n) is 12.2. The molecule has 0 spiro atoms. The van der Waals surface area contributed by atoms with E-state index in [0.29, 0.717) is 0 Å². The van der Waals surface area contributed by atoms with E-state index < -0.39 is 18.4 Å². The predicted molar refractivity (Wildman–Crippen MR) is 84.4 cm³/mol. The van der Waals surface area contributed by atoms with E-state index in [4.69, 9.17) is 0 Å². The standard InChI is InChI=1S/C8H17.C5H5S.2CH3.Sn/c1-3-5-7-8-6-4-2;1-5-2-3-6-4-5;;;/h5H,3-4,6-8H2,1-2H3;2-3H,1H3;2*1H3;. The Balaban J connectivity index is 2.75. The van der Waals surface area contributed by atoms with E-state index in [9.17, 15) is 0 Å². The molecule has 0 aliphatic heterocycles. The Bertz CT molecular complexity index is 327. The zero-order valence-corrected chi connectivity index (χ0v) is 15.8. The Morgan fingerprint density at radius 2 is 1.94 bits per heavy atom. The Labute approximate surface area is 116 Å². The average Bonchev–Trinajstić information content (AvgIpc) is 2.71. The Morgan fingerprint density at radius 1 is 1.24 bits per heavy atom. The number of thiophene rings is 1. The summed E-state index contributed by atoms with van der Waals surface area (Å²) in [5.41, 5.74) is 1.57. The summed E-state index contributed by atoms with van der Waals surface area (Å²) in [6, 6.07) is 2.32. The van der Waals surface area contributed by atoms with Crippen molar-refractivity contribution >= 4 is 32.6 Å². The first-order chi connectivity index (χ1) is 8.04. The van der Waals surface area contributed by atoms with Gasteiger partial charge in [-0.2, -0.15) is 0 Å². The molecule has 0 saturated carbocycles. The molecule has 98 valence electrons. The Morgan fingerprint density at radius 3 is 2.41 bits per heavy atom. The third kappa shape index (κ3) is 3.99. The summed E-state index contributed by atoms with van der Waals surface area (Å²) >= 11 is -0.00922.